The lowest BCUT2D eigenvalue weighted by molar-refractivity contribution is 0.625. The molecular formula is C29H26FN3O. The number of aryl methyl sites for hydroxylation is 2. The third-order valence-corrected chi connectivity index (χ3v) is 5.93. The van der Waals surface area contributed by atoms with Crippen LogP contribution in [0.15, 0.2) is 77.6 Å². The second kappa shape index (κ2) is 10.3. The van der Waals surface area contributed by atoms with Gasteiger partial charge in [0.05, 0.1) is 23.0 Å². The van der Waals surface area contributed by atoms with E-state index in [1.807, 2.05) is 48.5 Å². The Morgan fingerprint density at radius 3 is 2.53 bits per heavy atom. The molecule has 0 aliphatic carbocycles. The monoisotopic (exact) mass is 451 g/mol. The Morgan fingerprint density at radius 2 is 1.82 bits per heavy atom. The van der Waals surface area contributed by atoms with Crippen molar-refractivity contribution in [3.8, 4) is 22.9 Å². The predicted molar refractivity (Wildman–Crippen MR) is 133 cm³/mol. The van der Waals surface area contributed by atoms with Crippen LogP contribution in [0.2, 0.25) is 0 Å². The summed E-state index contributed by atoms with van der Waals surface area (Å²) in [6.45, 7) is 3.87. The molecular weight excluding hydrogens is 425 g/mol. The summed E-state index contributed by atoms with van der Waals surface area (Å²) in [5, 5.41) is 9.79. The summed E-state index contributed by atoms with van der Waals surface area (Å²) < 4.78 is 15.4. The molecule has 4 rings (SSSR count). The van der Waals surface area contributed by atoms with E-state index < -0.39 is 5.82 Å². The van der Waals surface area contributed by atoms with Crippen LogP contribution in [0.1, 0.15) is 48.0 Å². The summed E-state index contributed by atoms with van der Waals surface area (Å²) in [7, 11) is 0. The van der Waals surface area contributed by atoms with Crippen molar-refractivity contribution in [3.63, 3.8) is 0 Å². The lowest BCUT2D eigenvalue weighted by Crippen LogP contribution is -2.28. The fraction of sp³-hybridized carbons (Fsp3) is 0.207. The number of nitrogens with zero attached hydrogens (tertiary/aromatic N) is 3. The quantitative estimate of drug-likeness (QED) is 0.338. The summed E-state index contributed by atoms with van der Waals surface area (Å²) in [4.78, 5) is 18.4. The zero-order valence-electron chi connectivity index (χ0n) is 19.4. The Morgan fingerprint density at radius 1 is 1.03 bits per heavy atom. The van der Waals surface area contributed by atoms with Crippen molar-refractivity contribution >= 4 is 0 Å². The van der Waals surface area contributed by atoms with Crippen LogP contribution in [0, 0.1) is 24.1 Å². The molecule has 0 saturated carbocycles. The smallest absolute Gasteiger partial charge is 0.261 e. The molecule has 0 radical (unpaired) electrons. The van der Waals surface area contributed by atoms with E-state index in [1.54, 1.807) is 19.1 Å². The van der Waals surface area contributed by atoms with Crippen LogP contribution in [-0.2, 0) is 12.8 Å². The minimum Gasteiger partial charge on any atom is -0.269 e. The molecule has 0 aliphatic rings. The highest BCUT2D eigenvalue weighted by Gasteiger charge is 2.17. The molecule has 4 aromatic rings. The average molecular weight is 452 g/mol. The van der Waals surface area contributed by atoms with Gasteiger partial charge in [-0.15, -0.1) is 0 Å². The van der Waals surface area contributed by atoms with E-state index >= 15 is 0 Å². The van der Waals surface area contributed by atoms with Crippen molar-refractivity contribution in [2.45, 2.75) is 39.5 Å². The third-order valence-electron chi connectivity index (χ3n) is 5.93. The number of benzene rings is 3. The molecule has 1 aromatic heterocycles. The molecule has 5 heteroatoms. The average Bonchev–Trinajstić information content (AvgIpc) is 2.85. The molecule has 4 nitrogen and oxygen atoms in total. The van der Waals surface area contributed by atoms with E-state index in [0.29, 0.717) is 35.5 Å². The largest absolute Gasteiger partial charge is 0.269 e. The van der Waals surface area contributed by atoms with Crippen LogP contribution in [0.25, 0.3) is 16.8 Å². The second-order valence-corrected chi connectivity index (χ2v) is 8.34. The fourth-order valence-corrected chi connectivity index (χ4v) is 4.23. The maximum atomic E-state index is 13.9. The SMILES string of the molecule is CCCCc1nc(C)n(-c2cccc(F)c2)c(=O)c1Cc1ccc(-c2ccccc2)c(C#N)c1. The van der Waals surface area contributed by atoms with Crippen LogP contribution < -0.4 is 5.56 Å². The van der Waals surface area contributed by atoms with Gasteiger partial charge in [0.2, 0.25) is 0 Å². The van der Waals surface area contributed by atoms with E-state index in [-0.39, 0.29) is 5.56 Å². The lowest BCUT2D eigenvalue weighted by atomic mass is 9.95. The minimum absolute atomic E-state index is 0.199. The standard InChI is InChI=1S/C29H26FN3O/c1-3-4-13-28-27(29(34)33(20(2)32-28)25-12-8-11-24(30)18-25)17-21-14-15-26(23(16-21)19-31)22-9-6-5-7-10-22/h5-12,14-16,18H,3-4,13,17H2,1-2H3. The number of unbranched alkanes of at least 4 members (excludes halogenated alkanes) is 1. The molecule has 0 N–H and O–H groups in total. The summed E-state index contributed by atoms with van der Waals surface area (Å²) >= 11 is 0. The van der Waals surface area contributed by atoms with Crippen LogP contribution in [0.3, 0.4) is 0 Å². The topological polar surface area (TPSA) is 58.7 Å². The van der Waals surface area contributed by atoms with E-state index in [1.165, 1.54) is 16.7 Å². The van der Waals surface area contributed by atoms with Crippen molar-refractivity contribution in [1.29, 1.82) is 5.26 Å². The molecule has 0 amide bonds. The molecule has 34 heavy (non-hydrogen) atoms. The van der Waals surface area contributed by atoms with Crippen LogP contribution in [-0.4, -0.2) is 9.55 Å². The third kappa shape index (κ3) is 4.82. The number of hydrogen-bond acceptors (Lipinski definition) is 3. The first-order valence-corrected chi connectivity index (χ1v) is 11.5. The van der Waals surface area contributed by atoms with Crippen molar-refractivity contribution in [3.05, 3.63) is 117 Å². The van der Waals surface area contributed by atoms with E-state index in [0.717, 1.165) is 35.2 Å². The van der Waals surface area contributed by atoms with Crippen molar-refractivity contribution in [1.82, 2.24) is 9.55 Å². The molecule has 0 aliphatic heterocycles. The Balaban J connectivity index is 1.81. The number of rotatable bonds is 7. The fourth-order valence-electron chi connectivity index (χ4n) is 4.23. The summed E-state index contributed by atoms with van der Waals surface area (Å²) in [5.74, 6) is 0.123. The lowest BCUT2D eigenvalue weighted by Gasteiger charge is -2.16. The molecule has 1 heterocycles. The van der Waals surface area contributed by atoms with Gasteiger partial charge in [-0.2, -0.15) is 5.26 Å². The Hall–Kier alpha value is -4.04. The van der Waals surface area contributed by atoms with Crippen LogP contribution in [0.5, 0.6) is 0 Å². The molecule has 0 saturated heterocycles. The molecule has 3 aromatic carbocycles. The highest BCUT2D eigenvalue weighted by molar-refractivity contribution is 5.71. The van der Waals surface area contributed by atoms with Crippen molar-refractivity contribution < 1.29 is 4.39 Å². The molecule has 0 unspecified atom stereocenters. The summed E-state index contributed by atoms with van der Waals surface area (Å²) in [5.41, 5.74) is 4.86. The number of nitriles is 1. The first-order chi connectivity index (χ1) is 16.5. The maximum absolute atomic E-state index is 13.9. The zero-order chi connectivity index (χ0) is 24.1. The molecule has 170 valence electrons. The van der Waals surface area contributed by atoms with Crippen molar-refractivity contribution in [2.24, 2.45) is 0 Å². The Bertz CT molecular complexity index is 1420. The highest BCUT2D eigenvalue weighted by atomic mass is 19.1. The van der Waals surface area contributed by atoms with Gasteiger partial charge in [-0.05, 0) is 60.7 Å². The van der Waals surface area contributed by atoms with E-state index in [2.05, 4.69) is 13.0 Å². The van der Waals surface area contributed by atoms with Gasteiger partial charge in [0, 0.05) is 12.0 Å². The molecule has 0 fully saturated rings. The molecule has 0 bridgehead atoms. The Labute approximate surface area is 199 Å². The summed E-state index contributed by atoms with van der Waals surface area (Å²) in [6.07, 6.45) is 2.94. The van der Waals surface area contributed by atoms with Crippen LogP contribution in [0.4, 0.5) is 4.39 Å². The number of aromatic nitrogens is 2. The maximum Gasteiger partial charge on any atom is 0.261 e. The zero-order valence-corrected chi connectivity index (χ0v) is 19.4. The molecule has 0 spiro atoms. The van der Waals surface area contributed by atoms with E-state index in [4.69, 9.17) is 4.98 Å². The van der Waals surface area contributed by atoms with Gasteiger partial charge in [-0.1, -0.05) is 61.9 Å². The van der Waals surface area contributed by atoms with E-state index in [9.17, 15) is 14.4 Å². The minimum atomic E-state index is -0.407. The van der Waals surface area contributed by atoms with Gasteiger partial charge >= 0.3 is 0 Å². The summed E-state index contributed by atoms with van der Waals surface area (Å²) in [6, 6.07) is 23.8. The van der Waals surface area contributed by atoms with Gasteiger partial charge in [0.15, 0.2) is 0 Å². The first-order valence-electron chi connectivity index (χ1n) is 11.5. The van der Waals surface area contributed by atoms with Gasteiger partial charge < -0.3 is 0 Å². The van der Waals surface area contributed by atoms with Gasteiger partial charge in [-0.3, -0.25) is 9.36 Å². The van der Waals surface area contributed by atoms with Crippen molar-refractivity contribution in [2.75, 3.05) is 0 Å². The number of hydrogen-bond donors (Lipinski definition) is 0. The highest BCUT2D eigenvalue weighted by Crippen LogP contribution is 2.25. The van der Waals surface area contributed by atoms with Crippen LogP contribution >= 0.6 is 0 Å². The van der Waals surface area contributed by atoms with Gasteiger partial charge in [-0.25, -0.2) is 9.37 Å². The van der Waals surface area contributed by atoms with Gasteiger partial charge in [0.25, 0.3) is 5.56 Å². The second-order valence-electron chi connectivity index (χ2n) is 8.34. The molecule has 0 atom stereocenters. The normalized spacial score (nSPS) is 10.8. The Kier molecular flexibility index (Phi) is 6.98. The predicted octanol–water partition coefficient (Wildman–Crippen LogP) is 6.15. The first kappa shape index (κ1) is 23.1. The van der Waals surface area contributed by atoms with Gasteiger partial charge in [0.1, 0.15) is 11.6 Å². The number of halogens is 1.